The Hall–Kier alpha value is -1.62. The predicted octanol–water partition coefficient (Wildman–Crippen LogP) is 2.28. The Kier molecular flexibility index (Phi) is 4.04. The summed E-state index contributed by atoms with van der Waals surface area (Å²) in [5.74, 6) is 0.414. The van der Waals surface area contributed by atoms with Crippen LogP contribution >= 0.6 is 0 Å². The van der Waals surface area contributed by atoms with Crippen LogP contribution in [0.15, 0.2) is 30.5 Å². The van der Waals surface area contributed by atoms with Crippen LogP contribution in [0.2, 0.25) is 0 Å². The number of sulfone groups is 1. The maximum Gasteiger partial charge on any atom is 0.150 e. The molecular weight excluding hydrogens is 262 g/mol. The number of aldehydes is 1. The zero-order valence-electron chi connectivity index (χ0n) is 10.9. The van der Waals surface area contributed by atoms with E-state index in [2.05, 4.69) is 0 Å². The minimum Gasteiger partial charge on any atom is -0.347 e. The van der Waals surface area contributed by atoms with Gasteiger partial charge in [0.15, 0.2) is 0 Å². The predicted molar refractivity (Wildman–Crippen MR) is 76.3 cm³/mol. The van der Waals surface area contributed by atoms with Crippen LogP contribution in [0.25, 0.3) is 10.9 Å². The molecule has 2 rings (SSSR count). The van der Waals surface area contributed by atoms with Crippen molar-refractivity contribution in [1.29, 1.82) is 0 Å². The van der Waals surface area contributed by atoms with E-state index in [0.29, 0.717) is 18.5 Å². The van der Waals surface area contributed by atoms with Gasteiger partial charge in [-0.3, -0.25) is 4.79 Å². The van der Waals surface area contributed by atoms with Gasteiger partial charge in [-0.05, 0) is 30.7 Å². The Balaban J connectivity index is 2.12. The molecule has 102 valence electrons. The number of aromatic nitrogens is 1. The van der Waals surface area contributed by atoms with Gasteiger partial charge in [-0.25, -0.2) is 8.42 Å². The van der Waals surface area contributed by atoms with Crippen molar-refractivity contribution in [2.75, 3.05) is 11.5 Å². The van der Waals surface area contributed by atoms with Crippen LogP contribution in [0.5, 0.6) is 0 Å². The van der Waals surface area contributed by atoms with E-state index in [1.165, 1.54) is 0 Å². The van der Waals surface area contributed by atoms with Crippen molar-refractivity contribution in [3.8, 4) is 0 Å². The zero-order chi connectivity index (χ0) is 13.9. The highest BCUT2D eigenvalue weighted by atomic mass is 32.2. The number of hydrogen-bond acceptors (Lipinski definition) is 3. The van der Waals surface area contributed by atoms with E-state index in [0.717, 1.165) is 17.2 Å². The molecule has 1 aromatic carbocycles. The molecule has 0 aliphatic heterocycles. The smallest absolute Gasteiger partial charge is 0.150 e. The number of hydrogen-bond donors (Lipinski definition) is 0. The van der Waals surface area contributed by atoms with E-state index in [-0.39, 0.29) is 11.5 Å². The van der Waals surface area contributed by atoms with E-state index >= 15 is 0 Å². The molecule has 0 aliphatic rings. The van der Waals surface area contributed by atoms with Gasteiger partial charge < -0.3 is 4.57 Å². The molecule has 0 atom stereocenters. The molecule has 5 heteroatoms. The van der Waals surface area contributed by atoms with E-state index in [1.54, 1.807) is 13.0 Å². The highest BCUT2D eigenvalue weighted by Crippen LogP contribution is 2.17. The number of aryl methyl sites for hydroxylation is 1. The summed E-state index contributed by atoms with van der Waals surface area (Å²) in [7, 11) is -2.90. The third-order valence-corrected chi connectivity index (χ3v) is 5.02. The average Bonchev–Trinajstić information content (AvgIpc) is 2.81. The zero-order valence-corrected chi connectivity index (χ0v) is 11.7. The van der Waals surface area contributed by atoms with Crippen molar-refractivity contribution in [2.24, 2.45) is 0 Å². The number of nitrogens with zero attached hydrogens (tertiary/aromatic N) is 1. The second kappa shape index (κ2) is 5.57. The maximum atomic E-state index is 11.4. The van der Waals surface area contributed by atoms with Gasteiger partial charge in [0, 0.05) is 35.0 Å². The van der Waals surface area contributed by atoms with Gasteiger partial charge >= 0.3 is 0 Å². The van der Waals surface area contributed by atoms with Gasteiger partial charge in [-0.1, -0.05) is 6.92 Å². The van der Waals surface area contributed by atoms with Gasteiger partial charge in [0.25, 0.3) is 0 Å². The summed E-state index contributed by atoms with van der Waals surface area (Å²) >= 11 is 0. The van der Waals surface area contributed by atoms with Crippen LogP contribution in [-0.2, 0) is 16.4 Å². The van der Waals surface area contributed by atoms with Crippen LogP contribution in [0.1, 0.15) is 23.7 Å². The number of fused-ring (bicyclic) bond motifs is 1. The standard InChI is InChI=1S/C14H17NO3S/c1-2-19(17,18)9-3-7-15-8-6-13-10-12(11-16)4-5-14(13)15/h4-6,8,10-11H,2-3,7,9H2,1H3. The molecule has 19 heavy (non-hydrogen) atoms. The fourth-order valence-corrected chi connectivity index (χ4v) is 2.94. The highest BCUT2D eigenvalue weighted by Gasteiger charge is 2.08. The largest absolute Gasteiger partial charge is 0.347 e. The van der Waals surface area contributed by atoms with E-state index in [4.69, 9.17) is 0 Å². The first-order chi connectivity index (χ1) is 9.05. The lowest BCUT2D eigenvalue weighted by molar-refractivity contribution is 0.112. The van der Waals surface area contributed by atoms with E-state index < -0.39 is 9.84 Å². The van der Waals surface area contributed by atoms with Gasteiger partial charge in [0.2, 0.25) is 0 Å². The lowest BCUT2D eigenvalue weighted by Crippen LogP contribution is -2.10. The molecule has 1 heterocycles. The van der Waals surface area contributed by atoms with Crippen LogP contribution in [0.3, 0.4) is 0 Å². The molecule has 2 aromatic rings. The van der Waals surface area contributed by atoms with Crippen molar-refractivity contribution in [3.05, 3.63) is 36.0 Å². The van der Waals surface area contributed by atoms with Crippen LogP contribution in [-0.4, -0.2) is 30.8 Å². The molecule has 4 nitrogen and oxygen atoms in total. The van der Waals surface area contributed by atoms with E-state index in [9.17, 15) is 13.2 Å². The first-order valence-corrected chi connectivity index (χ1v) is 8.12. The number of carbonyl (C=O) groups is 1. The van der Waals surface area contributed by atoms with Gasteiger partial charge in [-0.2, -0.15) is 0 Å². The average molecular weight is 279 g/mol. The highest BCUT2D eigenvalue weighted by molar-refractivity contribution is 7.91. The summed E-state index contributed by atoms with van der Waals surface area (Å²) in [5, 5.41) is 1.00. The third-order valence-electron chi connectivity index (χ3n) is 3.23. The first kappa shape index (κ1) is 13.8. The quantitative estimate of drug-likeness (QED) is 0.762. The Labute approximate surface area is 113 Å². The molecule has 0 unspecified atom stereocenters. The second-order valence-corrected chi connectivity index (χ2v) is 7.01. The molecular formula is C14H17NO3S. The summed E-state index contributed by atoms with van der Waals surface area (Å²) in [4.78, 5) is 10.7. The lowest BCUT2D eigenvalue weighted by atomic mass is 10.2. The Morgan fingerprint density at radius 3 is 2.74 bits per heavy atom. The molecule has 0 saturated heterocycles. The molecule has 0 aliphatic carbocycles. The summed E-state index contributed by atoms with van der Waals surface area (Å²) in [5.41, 5.74) is 1.68. The molecule has 0 spiro atoms. The lowest BCUT2D eigenvalue weighted by Gasteiger charge is -2.05. The number of carbonyl (C=O) groups excluding carboxylic acids is 1. The Morgan fingerprint density at radius 2 is 2.05 bits per heavy atom. The minimum atomic E-state index is -2.90. The molecule has 0 N–H and O–H groups in total. The van der Waals surface area contributed by atoms with Crippen LogP contribution < -0.4 is 0 Å². The molecule has 0 radical (unpaired) electrons. The van der Waals surface area contributed by atoms with E-state index in [1.807, 2.05) is 29.0 Å². The van der Waals surface area contributed by atoms with Crippen molar-refractivity contribution >= 4 is 27.0 Å². The Bertz CT molecular complexity index is 686. The van der Waals surface area contributed by atoms with Crippen LogP contribution in [0, 0.1) is 0 Å². The van der Waals surface area contributed by atoms with Crippen molar-refractivity contribution < 1.29 is 13.2 Å². The molecule has 1 aromatic heterocycles. The molecule has 0 amide bonds. The first-order valence-electron chi connectivity index (χ1n) is 6.30. The summed E-state index contributed by atoms with van der Waals surface area (Å²) < 4.78 is 24.9. The summed E-state index contributed by atoms with van der Waals surface area (Å²) in [6.07, 6.45) is 3.36. The van der Waals surface area contributed by atoms with Gasteiger partial charge in [0.1, 0.15) is 16.1 Å². The maximum absolute atomic E-state index is 11.4. The van der Waals surface area contributed by atoms with Crippen molar-refractivity contribution in [3.63, 3.8) is 0 Å². The SMILES string of the molecule is CCS(=O)(=O)CCCn1ccc2cc(C=O)ccc21. The normalized spacial score (nSPS) is 11.8. The molecule has 0 fully saturated rings. The summed E-state index contributed by atoms with van der Waals surface area (Å²) in [6, 6.07) is 7.44. The third kappa shape index (κ3) is 3.23. The fourth-order valence-electron chi connectivity index (χ4n) is 2.09. The molecule has 0 saturated carbocycles. The Morgan fingerprint density at radius 1 is 1.26 bits per heavy atom. The number of rotatable bonds is 6. The van der Waals surface area contributed by atoms with Crippen LogP contribution in [0.4, 0.5) is 0 Å². The van der Waals surface area contributed by atoms with Crippen molar-refractivity contribution in [1.82, 2.24) is 4.57 Å². The molecule has 0 bridgehead atoms. The second-order valence-electron chi connectivity index (χ2n) is 4.54. The topological polar surface area (TPSA) is 56.1 Å². The fraction of sp³-hybridized carbons (Fsp3) is 0.357. The van der Waals surface area contributed by atoms with Gasteiger partial charge in [0.05, 0.1) is 5.75 Å². The van der Waals surface area contributed by atoms with Crippen molar-refractivity contribution in [2.45, 2.75) is 19.9 Å². The monoisotopic (exact) mass is 279 g/mol. The van der Waals surface area contributed by atoms with Gasteiger partial charge in [-0.15, -0.1) is 0 Å². The number of benzene rings is 1. The minimum absolute atomic E-state index is 0.197. The summed E-state index contributed by atoms with van der Waals surface area (Å²) in [6.45, 7) is 2.34.